The van der Waals surface area contributed by atoms with Gasteiger partial charge in [-0.1, -0.05) is 24.8 Å². The molecule has 0 aliphatic rings. The molecule has 0 spiro atoms. The quantitative estimate of drug-likeness (QED) is 0.848. The van der Waals surface area contributed by atoms with Crippen LogP contribution in [0.25, 0.3) is 6.08 Å². The molecule has 1 aromatic carbocycles. The van der Waals surface area contributed by atoms with E-state index in [1.807, 2.05) is 24.3 Å². The van der Waals surface area contributed by atoms with E-state index >= 15 is 0 Å². The fourth-order valence-electron chi connectivity index (χ4n) is 1.22. The van der Waals surface area contributed by atoms with Gasteiger partial charge in [0.2, 0.25) is 0 Å². The van der Waals surface area contributed by atoms with Gasteiger partial charge in [-0.3, -0.25) is 0 Å². The highest BCUT2D eigenvalue weighted by Crippen LogP contribution is 2.24. The lowest BCUT2D eigenvalue weighted by atomic mass is 9.96. The third kappa shape index (κ3) is 2.31. The van der Waals surface area contributed by atoms with Crippen molar-refractivity contribution in [3.8, 4) is 0 Å². The van der Waals surface area contributed by atoms with Crippen molar-refractivity contribution >= 4 is 28.7 Å². The Balaban J connectivity index is 3.19. The van der Waals surface area contributed by atoms with Gasteiger partial charge in [-0.25, -0.2) is 0 Å². The monoisotopic (exact) mass is 287 g/mol. The molecule has 0 saturated heterocycles. The number of hydrogen-bond acceptors (Lipinski definition) is 1. The van der Waals surface area contributed by atoms with Crippen LogP contribution in [0.2, 0.25) is 0 Å². The predicted octanol–water partition coefficient (Wildman–Crippen LogP) is 2.84. The van der Waals surface area contributed by atoms with Crippen LogP contribution in [0, 0.1) is 10.5 Å². The summed E-state index contributed by atoms with van der Waals surface area (Å²) in [6, 6.07) is 5.97. The number of aliphatic hydroxyl groups is 1. The average Bonchev–Trinajstić information content (AvgIpc) is 2.16. The molecule has 0 aromatic heterocycles. The molecule has 1 aromatic rings. The van der Waals surface area contributed by atoms with Gasteiger partial charge >= 0.3 is 0 Å². The molecule has 69 valence electrons. The molecule has 0 heterocycles. The Hall–Kier alpha value is -0.350. The van der Waals surface area contributed by atoms with Crippen LogP contribution >= 0.6 is 22.6 Å². The second-order valence-corrected chi connectivity index (χ2v) is 3.99. The number of rotatable bonds is 3. The third-order valence-corrected chi connectivity index (χ3v) is 2.89. The largest absolute Gasteiger partial charge is 0.396 e. The molecule has 1 rings (SSSR count). The highest BCUT2D eigenvalue weighted by atomic mass is 127. The van der Waals surface area contributed by atoms with E-state index in [1.54, 1.807) is 0 Å². The third-order valence-electron chi connectivity index (χ3n) is 1.95. The van der Waals surface area contributed by atoms with Crippen LogP contribution < -0.4 is 0 Å². The van der Waals surface area contributed by atoms with Gasteiger partial charge < -0.3 is 5.11 Å². The van der Waals surface area contributed by atoms with E-state index in [0.29, 0.717) is 0 Å². The van der Waals surface area contributed by atoms with E-state index in [0.717, 1.165) is 14.7 Å². The minimum atomic E-state index is -0.0669. The van der Waals surface area contributed by atoms with Gasteiger partial charge in [0.15, 0.2) is 0 Å². The molecular weight excluding hydrogens is 275 g/mol. The highest BCUT2D eigenvalue weighted by Gasteiger charge is 2.09. The van der Waals surface area contributed by atoms with Crippen LogP contribution in [-0.2, 0) is 0 Å². The summed E-state index contributed by atoms with van der Waals surface area (Å²) in [6.07, 6.45) is 1.81. The molecule has 0 aliphatic carbocycles. The van der Waals surface area contributed by atoms with Gasteiger partial charge in [-0.15, -0.1) is 0 Å². The van der Waals surface area contributed by atoms with Crippen molar-refractivity contribution in [2.75, 3.05) is 6.61 Å². The van der Waals surface area contributed by atoms with Crippen molar-refractivity contribution in [3.05, 3.63) is 46.4 Å². The molecule has 0 fully saturated rings. The normalized spacial score (nSPS) is 12.5. The van der Waals surface area contributed by atoms with E-state index < -0.39 is 0 Å². The van der Waals surface area contributed by atoms with Gasteiger partial charge in [0.1, 0.15) is 0 Å². The Kier molecular flexibility index (Phi) is 3.93. The van der Waals surface area contributed by atoms with Gasteiger partial charge in [0.25, 0.3) is 0 Å². The molecule has 1 atom stereocenters. The van der Waals surface area contributed by atoms with Crippen LogP contribution in [0.15, 0.2) is 24.8 Å². The summed E-state index contributed by atoms with van der Waals surface area (Å²) >= 11 is 2.26. The molecule has 13 heavy (non-hydrogen) atoms. The van der Waals surface area contributed by atoms with Crippen molar-refractivity contribution in [1.29, 1.82) is 0 Å². The average molecular weight is 287 g/mol. The number of aliphatic hydroxyl groups excluding tert-OH is 1. The fraction of sp³-hybridized carbons (Fsp3) is 0.182. The standard InChI is InChI=1S/C11H12IO/c1-3-9-10(8(2)7-13)5-4-6-11(9)12/h3-6,8,13H,1-2,7H2. The lowest BCUT2D eigenvalue weighted by Gasteiger charge is -2.12. The second-order valence-electron chi connectivity index (χ2n) is 2.83. The summed E-state index contributed by atoms with van der Waals surface area (Å²) in [6.45, 7) is 7.70. The van der Waals surface area contributed by atoms with Crippen molar-refractivity contribution in [2.45, 2.75) is 5.92 Å². The second kappa shape index (κ2) is 4.77. The smallest absolute Gasteiger partial charge is 0.0499 e. The van der Waals surface area contributed by atoms with Gasteiger partial charge in [0.05, 0.1) is 0 Å². The summed E-state index contributed by atoms with van der Waals surface area (Å²) in [5.74, 6) is -0.0669. The number of hydrogen-bond donors (Lipinski definition) is 1. The van der Waals surface area contributed by atoms with Gasteiger partial charge in [-0.2, -0.15) is 0 Å². The summed E-state index contributed by atoms with van der Waals surface area (Å²) in [5.41, 5.74) is 2.14. The maximum absolute atomic E-state index is 9.00. The molecule has 1 unspecified atom stereocenters. The first-order valence-corrected chi connectivity index (χ1v) is 5.13. The Labute approximate surface area is 92.6 Å². The van der Waals surface area contributed by atoms with Crippen LogP contribution in [-0.4, -0.2) is 11.7 Å². The maximum atomic E-state index is 9.00. The van der Waals surface area contributed by atoms with Crippen LogP contribution in [0.4, 0.5) is 0 Å². The zero-order valence-electron chi connectivity index (χ0n) is 7.33. The summed E-state index contributed by atoms with van der Waals surface area (Å²) < 4.78 is 1.15. The number of halogens is 1. The van der Waals surface area contributed by atoms with Gasteiger partial charge in [-0.05, 0) is 46.7 Å². The lowest BCUT2D eigenvalue weighted by Crippen LogP contribution is -2.02. The predicted molar refractivity (Wildman–Crippen MR) is 64.4 cm³/mol. The Morgan fingerprint density at radius 2 is 2.23 bits per heavy atom. The van der Waals surface area contributed by atoms with E-state index in [9.17, 15) is 0 Å². The Bertz CT molecular complexity index is 307. The molecule has 0 aliphatic heterocycles. The first kappa shape index (κ1) is 10.7. The Morgan fingerprint density at radius 3 is 2.77 bits per heavy atom. The zero-order valence-corrected chi connectivity index (χ0v) is 9.49. The van der Waals surface area contributed by atoms with Crippen molar-refractivity contribution < 1.29 is 5.11 Å². The highest BCUT2D eigenvalue weighted by molar-refractivity contribution is 14.1. The van der Waals surface area contributed by atoms with E-state index in [1.165, 1.54) is 0 Å². The minimum absolute atomic E-state index is 0.0669. The first-order chi connectivity index (χ1) is 6.20. The maximum Gasteiger partial charge on any atom is 0.0499 e. The SMILES string of the molecule is [CH2]C(CO)c1cccc(I)c1C=C. The summed E-state index contributed by atoms with van der Waals surface area (Å²) in [4.78, 5) is 0. The molecule has 1 nitrogen and oxygen atoms in total. The molecular formula is C11H12IO. The lowest BCUT2D eigenvalue weighted by molar-refractivity contribution is 0.282. The van der Waals surface area contributed by atoms with Crippen molar-refractivity contribution in [1.82, 2.24) is 0 Å². The molecule has 0 saturated carbocycles. The summed E-state index contributed by atoms with van der Waals surface area (Å²) in [7, 11) is 0. The van der Waals surface area contributed by atoms with Crippen LogP contribution in [0.5, 0.6) is 0 Å². The van der Waals surface area contributed by atoms with E-state index in [2.05, 4.69) is 36.1 Å². The van der Waals surface area contributed by atoms with Crippen molar-refractivity contribution in [2.24, 2.45) is 0 Å². The minimum Gasteiger partial charge on any atom is -0.396 e. The number of benzene rings is 1. The first-order valence-electron chi connectivity index (χ1n) is 4.05. The molecule has 0 amide bonds. The molecule has 1 radical (unpaired) electrons. The molecule has 1 N–H and O–H groups in total. The van der Waals surface area contributed by atoms with Gasteiger partial charge in [0, 0.05) is 16.1 Å². The summed E-state index contributed by atoms with van der Waals surface area (Å²) in [5, 5.41) is 9.00. The topological polar surface area (TPSA) is 20.2 Å². The van der Waals surface area contributed by atoms with Crippen LogP contribution in [0.1, 0.15) is 17.0 Å². The van der Waals surface area contributed by atoms with Crippen LogP contribution in [0.3, 0.4) is 0 Å². The molecule has 2 heteroatoms. The fourth-order valence-corrected chi connectivity index (χ4v) is 1.96. The van der Waals surface area contributed by atoms with E-state index in [-0.39, 0.29) is 12.5 Å². The molecule has 0 bridgehead atoms. The Morgan fingerprint density at radius 1 is 1.54 bits per heavy atom. The van der Waals surface area contributed by atoms with E-state index in [4.69, 9.17) is 5.11 Å². The van der Waals surface area contributed by atoms with Crippen molar-refractivity contribution in [3.63, 3.8) is 0 Å². The zero-order chi connectivity index (χ0) is 9.84.